The van der Waals surface area contributed by atoms with Crippen LogP contribution in [0.25, 0.3) is 11.0 Å². The fourth-order valence-electron chi connectivity index (χ4n) is 6.10. The molecule has 8 heteroatoms. The molecule has 1 aromatic heterocycles. The largest absolute Gasteiger partial charge is 0.451 e. The van der Waals surface area contributed by atoms with Gasteiger partial charge in [-0.05, 0) is 76.0 Å². The minimum atomic E-state index is -0.603. The molecule has 0 radical (unpaired) electrons. The summed E-state index contributed by atoms with van der Waals surface area (Å²) in [5.74, 6) is -0.230. The minimum absolute atomic E-state index is 0.106. The van der Waals surface area contributed by atoms with Crippen molar-refractivity contribution in [3.8, 4) is 0 Å². The van der Waals surface area contributed by atoms with Gasteiger partial charge >= 0.3 is 0 Å². The average molecular weight is 538 g/mol. The van der Waals surface area contributed by atoms with Gasteiger partial charge in [0, 0.05) is 24.7 Å². The second-order valence-electron chi connectivity index (χ2n) is 12.6. The molecule has 1 aromatic carbocycles. The van der Waals surface area contributed by atoms with E-state index in [1.54, 1.807) is 17.0 Å². The second kappa shape index (κ2) is 11.5. The van der Waals surface area contributed by atoms with E-state index >= 15 is 0 Å². The van der Waals surface area contributed by atoms with E-state index < -0.39 is 11.3 Å². The molecule has 2 fully saturated rings. The highest BCUT2D eigenvalue weighted by molar-refractivity contribution is 5.95. The van der Waals surface area contributed by atoms with E-state index in [0.29, 0.717) is 42.8 Å². The van der Waals surface area contributed by atoms with E-state index in [9.17, 15) is 19.2 Å². The number of likely N-dealkylation sites (tertiary alicyclic amines) is 1. The maximum Gasteiger partial charge on any atom is 0.287 e. The molecule has 0 atom stereocenters. The smallest absolute Gasteiger partial charge is 0.287 e. The Balaban J connectivity index is 1.39. The van der Waals surface area contributed by atoms with Gasteiger partial charge in [0.05, 0.1) is 17.3 Å². The van der Waals surface area contributed by atoms with Crippen LogP contribution in [-0.2, 0) is 9.59 Å². The highest BCUT2D eigenvalue weighted by Crippen LogP contribution is 2.46. The fraction of sp³-hybridized carbons (Fsp3) is 0.613. The van der Waals surface area contributed by atoms with Crippen LogP contribution in [0.1, 0.15) is 102 Å². The first kappa shape index (κ1) is 28.8. The van der Waals surface area contributed by atoms with Crippen LogP contribution in [0.3, 0.4) is 0 Å². The Labute approximate surface area is 230 Å². The lowest BCUT2D eigenvalue weighted by Gasteiger charge is -2.47. The number of piperidine rings is 1. The van der Waals surface area contributed by atoms with E-state index in [-0.39, 0.29) is 41.0 Å². The van der Waals surface area contributed by atoms with Crippen molar-refractivity contribution in [3.05, 3.63) is 45.8 Å². The van der Waals surface area contributed by atoms with Gasteiger partial charge in [-0.2, -0.15) is 0 Å². The molecule has 0 bridgehead atoms. The van der Waals surface area contributed by atoms with Gasteiger partial charge in [0.1, 0.15) is 5.58 Å². The van der Waals surface area contributed by atoms with Crippen molar-refractivity contribution in [3.63, 3.8) is 0 Å². The van der Waals surface area contributed by atoms with Crippen molar-refractivity contribution in [2.75, 3.05) is 19.6 Å². The third-order valence-electron chi connectivity index (χ3n) is 8.38. The summed E-state index contributed by atoms with van der Waals surface area (Å²) in [5.41, 5.74) is 0.288. The molecule has 1 saturated carbocycles. The molecule has 2 heterocycles. The number of carbonyl (C=O) groups is 3. The first-order valence-corrected chi connectivity index (χ1v) is 14.4. The SMILES string of the molecule is CC(C)c1ccc2oc(C(=O)NCC(=O)N3CCC(C(=O)NC(C)(C)C)(C4CCCCC4)CC3)cc(=O)c2c1. The quantitative estimate of drug-likeness (QED) is 0.553. The second-order valence-corrected chi connectivity index (χ2v) is 12.6. The minimum Gasteiger partial charge on any atom is -0.451 e. The van der Waals surface area contributed by atoms with Gasteiger partial charge in [0.25, 0.3) is 5.91 Å². The van der Waals surface area contributed by atoms with Gasteiger partial charge in [-0.3, -0.25) is 19.2 Å². The Kier molecular flexibility index (Phi) is 8.52. The molecule has 2 aromatic rings. The van der Waals surface area contributed by atoms with Crippen LogP contribution in [0.5, 0.6) is 0 Å². The summed E-state index contributed by atoms with van der Waals surface area (Å²) in [6.45, 7) is 10.8. The van der Waals surface area contributed by atoms with Gasteiger partial charge in [0.2, 0.25) is 11.8 Å². The van der Waals surface area contributed by atoms with Crippen LogP contribution in [0.2, 0.25) is 0 Å². The van der Waals surface area contributed by atoms with Gasteiger partial charge in [-0.1, -0.05) is 39.2 Å². The Bertz CT molecular complexity index is 1280. The number of nitrogens with zero attached hydrogens (tertiary/aromatic N) is 1. The molecule has 212 valence electrons. The first-order chi connectivity index (χ1) is 18.4. The topological polar surface area (TPSA) is 109 Å². The summed E-state index contributed by atoms with van der Waals surface area (Å²) in [6.07, 6.45) is 6.86. The number of hydrogen-bond donors (Lipinski definition) is 2. The standard InChI is InChI=1S/C31H43N3O5/c1-20(2)21-11-12-25-23(17-21)24(35)18-26(39-25)28(37)32-19-27(36)34-15-13-31(14-16-34,22-9-7-6-8-10-22)29(38)33-30(3,4)5/h11-12,17-18,20,22H,6-10,13-16,19H2,1-5H3,(H,32,37)(H,33,38). The monoisotopic (exact) mass is 537 g/mol. The molecule has 0 spiro atoms. The number of carbonyl (C=O) groups excluding carboxylic acids is 3. The van der Waals surface area contributed by atoms with Gasteiger partial charge in [-0.25, -0.2) is 0 Å². The molecule has 0 unspecified atom stereocenters. The molecule has 2 aliphatic rings. The molecule has 1 aliphatic heterocycles. The molecule has 3 amide bonds. The molecule has 1 aliphatic carbocycles. The number of amides is 3. The fourth-order valence-corrected chi connectivity index (χ4v) is 6.10. The van der Waals surface area contributed by atoms with Gasteiger partial charge in [-0.15, -0.1) is 0 Å². The lowest BCUT2D eigenvalue weighted by molar-refractivity contribution is -0.145. The number of nitrogens with one attached hydrogen (secondary N) is 2. The van der Waals surface area contributed by atoms with Crippen molar-refractivity contribution in [2.24, 2.45) is 11.3 Å². The highest BCUT2D eigenvalue weighted by atomic mass is 16.3. The number of rotatable bonds is 6. The van der Waals surface area contributed by atoms with E-state index in [0.717, 1.165) is 31.2 Å². The van der Waals surface area contributed by atoms with Crippen molar-refractivity contribution in [1.82, 2.24) is 15.5 Å². The molecule has 8 nitrogen and oxygen atoms in total. The predicted molar refractivity (Wildman–Crippen MR) is 152 cm³/mol. The number of hydrogen-bond acceptors (Lipinski definition) is 5. The van der Waals surface area contributed by atoms with Crippen molar-refractivity contribution in [1.29, 1.82) is 0 Å². The predicted octanol–water partition coefficient (Wildman–Crippen LogP) is 4.75. The lowest BCUT2D eigenvalue weighted by Crippen LogP contribution is -2.57. The zero-order valence-electron chi connectivity index (χ0n) is 24.0. The molecular formula is C31H43N3O5. The van der Waals surface area contributed by atoms with Crippen molar-refractivity contribution in [2.45, 2.75) is 91.0 Å². The highest BCUT2D eigenvalue weighted by Gasteiger charge is 2.48. The van der Waals surface area contributed by atoms with Gasteiger partial charge < -0.3 is 20.0 Å². The molecular weight excluding hydrogens is 494 g/mol. The summed E-state index contributed by atoms with van der Waals surface area (Å²) in [6, 6.07) is 6.56. The number of benzene rings is 1. The summed E-state index contributed by atoms with van der Waals surface area (Å²) in [7, 11) is 0. The van der Waals surface area contributed by atoms with Crippen LogP contribution in [0.15, 0.2) is 33.5 Å². The van der Waals surface area contributed by atoms with Crippen LogP contribution in [0.4, 0.5) is 0 Å². The zero-order valence-corrected chi connectivity index (χ0v) is 24.0. The Morgan fingerprint density at radius 2 is 1.72 bits per heavy atom. The van der Waals surface area contributed by atoms with E-state index in [4.69, 9.17) is 4.42 Å². The lowest BCUT2D eigenvalue weighted by atomic mass is 9.63. The maximum absolute atomic E-state index is 13.5. The summed E-state index contributed by atoms with van der Waals surface area (Å²) < 4.78 is 5.70. The number of fused-ring (bicyclic) bond motifs is 1. The third kappa shape index (κ3) is 6.53. The summed E-state index contributed by atoms with van der Waals surface area (Å²) in [5, 5.41) is 6.26. The van der Waals surface area contributed by atoms with Crippen molar-refractivity contribution < 1.29 is 18.8 Å². The van der Waals surface area contributed by atoms with Crippen LogP contribution < -0.4 is 16.1 Å². The van der Waals surface area contributed by atoms with E-state index in [1.807, 2.05) is 40.7 Å². The normalized spacial score (nSPS) is 18.3. The van der Waals surface area contributed by atoms with Crippen molar-refractivity contribution >= 4 is 28.7 Å². The maximum atomic E-state index is 13.5. The zero-order chi connectivity index (χ0) is 28.4. The van der Waals surface area contributed by atoms with Crippen LogP contribution in [0, 0.1) is 11.3 Å². The molecule has 4 rings (SSSR count). The van der Waals surface area contributed by atoms with E-state index in [2.05, 4.69) is 10.6 Å². The first-order valence-electron chi connectivity index (χ1n) is 14.4. The molecule has 39 heavy (non-hydrogen) atoms. The van der Waals surface area contributed by atoms with Gasteiger partial charge in [0.15, 0.2) is 11.2 Å². The molecule has 2 N–H and O–H groups in total. The Morgan fingerprint density at radius 3 is 2.33 bits per heavy atom. The summed E-state index contributed by atoms with van der Waals surface area (Å²) >= 11 is 0. The Hall–Kier alpha value is -3.16. The Morgan fingerprint density at radius 1 is 1.05 bits per heavy atom. The summed E-state index contributed by atoms with van der Waals surface area (Å²) in [4.78, 5) is 53.7. The molecule has 1 saturated heterocycles. The van der Waals surface area contributed by atoms with Crippen LogP contribution >= 0.6 is 0 Å². The average Bonchev–Trinajstić information content (AvgIpc) is 2.90. The van der Waals surface area contributed by atoms with Crippen LogP contribution in [-0.4, -0.2) is 47.8 Å². The van der Waals surface area contributed by atoms with E-state index in [1.165, 1.54) is 12.5 Å². The third-order valence-corrected chi connectivity index (χ3v) is 8.38.